The molecule has 0 aliphatic carbocycles. The minimum Gasteiger partial charge on any atom is -0.353 e. The molecule has 2 aromatic rings. The minimum atomic E-state index is -0.403. The van der Waals surface area contributed by atoms with E-state index in [0.717, 1.165) is 34.2 Å². The highest BCUT2D eigenvalue weighted by atomic mass is 32.1. The van der Waals surface area contributed by atoms with Crippen molar-refractivity contribution in [2.24, 2.45) is 5.92 Å². The van der Waals surface area contributed by atoms with Gasteiger partial charge >= 0.3 is 0 Å². The second-order valence-corrected chi connectivity index (χ2v) is 9.45. The van der Waals surface area contributed by atoms with E-state index >= 15 is 0 Å². The molecule has 1 atom stereocenters. The summed E-state index contributed by atoms with van der Waals surface area (Å²) in [5.74, 6) is 0.0926. The molecule has 0 bridgehead atoms. The van der Waals surface area contributed by atoms with E-state index in [2.05, 4.69) is 29.0 Å². The first-order valence-corrected chi connectivity index (χ1v) is 11.3. The van der Waals surface area contributed by atoms with E-state index < -0.39 is 6.04 Å². The van der Waals surface area contributed by atoms with E-state index in [4.69, 9.17) is 0 Å². The van der Waals surface area contributed by atoms with E-state index in [1.807, 2.05) is 11.0 Å². The number of aromatic nitrogens is 1. The first kappa shape index (κ1) is 20.9. The number of carbonyl (C=O) groups is 2. The highest BCUT2D eigenvalue weighted by molar-refractivity contribution is 7.15. The normalized spacial score (nSPS) is 19.7. The van der Waals surface area contributed by atoms with E-state index in [1.54, 1.807) is 6.07 Å². The Bertz CT molecular complexity index is 945. The highest BCUT2D eigenvalue weighted by Gasteiger charge is 2.34. The third-order valence-electron chi connectivity index (χ3n) is 5.56. The van der Waals surface area contributed by atoms with E-state index in [9.17, 15) is 14.0 Å². The number of halogens is 1. The zero-order valence-electron chi connectivity index (χ0n) is 17.4. The number of thiazole rings is 1. The molecule has 1 N–H and O–H groups in total. The number of rotatable bonds is 5. The fraction of sp³-hybridized carbons (Fsp3) is 0.500. The molecule has 8 heteroatoms. The highest BCUT2D eigenvalue weighted by Crippen LogP contribution is 2.32. The fourth-order valence-corrected chi connectivity index (χ4v) is 5.24. The molecular weight excluding hydrogens is 403 g/mol. The van der Waals surface area contributed by atoms with Gasteiger partial charge in [0.1, 0.15) is 10.8 Å². The number of carbonyl (C=O) groups excluding carboxylic acids is 2. The average Bonchev–Trinajstić information content (AvgIpc) is 3.13. The summed E-state index contributed by atoms with van der Waals surface area (Å²) in [6.07, 6.45) is 0.878. The standard InChI is InChI=1S/C22H27FN4O2S/c1-14(2)12-26-9-7-24-21(29)18(26)11-20(28)27-8-6-17-19(13-27)30-22(25-17)15-4-3-5-16(23)10-15/h3-5,10,14,18H,6-9,11-13H2,1-2H3,(H,24,29)/t18-/m1/s1. The molecule has 3 heterocycles. The van der Waals surface area contributed by atoms with Gasteiger partial charge in [0.15, 0.2) is 0 Å². The molecule has 0 saturated carbocycles. The third-order valence-corrected chi connectivity index (χ3v) is 6.70. The number of benzene rings is 1. The van der Waals surface area contributed by atoms with Crippen LogP contribution in [0.15, 0.2) is 24.3 Å². The Labute approximate surface area is 180 Å². The third kappa shape index (κ3) is 4.54. The molecule has 1 aromatic heterocycles. The first-order chi connectivity index (χ1) is 14.4. The van der Waals surface area contributed by atoms with Crippen LogP contribution in [0.5, 0.6) is 0 Å². The largest absolute Gasteiger partial charge is 0.353 e. The Balaban J connectivity index is 1.45. The summed E-state index contributed by atoms with van der Waals surface area (Å²) in [7, 11) is 0. The lowest BCUT2D eigenvalue weighted by molar-refractivity contribution is -0.139. The predicted octanol–water partition coefficient (Wildman–Crippen LogP) is 2.68. The van der Waals surface area contributed by atoms with Crippen molar-refractivity contribution in [3.8, 4) is 10.6 Å². The van der Waals surface area contributed by atoms with Crippen LogP contribution in [-0.4, -0.2) is 58.8 Å². The monoisotopic (exact) mass is 430 g/mol. The van der Waals surface area contributed by atoms with E-state index in [0.29, 0.717) is 32.0 Å². The summed E-state index contributed by atoms with van der Waals surface area (Å²) in [4.78, 5) is 35.1. The van der Waals surface area contributed by atoms with Gasteiger partial charge in [0.2, 0.25) is 11.8 Å². The number of amides is 2. The molecule has 0 spiro atoms. The molecule has 0 unspecified atom stereocenters. The Kier molecular flexibility index (Phi) is 6.15. The zero-order chi connectivity index (χ0) is 21.3. The van der Waals surface area contributed by atoms with Crippen molar-refractivity contribution in [1.82, 2.24) is 20.1 Å². The molecule has 1 fully saturated rings. The van der Waals surface area contributed by atoms with Gasteiger partial charge in [0.05, 0.1) is 24.7 Å². The molecule has 1 aromatic carbocycles. The Morgan fingerprint density at radius 3 is 2.97 bits per heavy atom. The van der Waals surface area contributed by atoms with Crippen LogP contribution in [0.25, 0.3) is 10.6 Å². The van der Waals surface area contributed by atoms with Crippen LogP contribution in [0, 0.1) is 11.7 Å². The maximum Gasteiger partial charge on any atom is 0.237 e. The minimum absolute atomic E-state index is 0.00263. The van der Waals surface area contributed by atoms with Crippen LogP contribution in [0.2, 0.25) is 0 Å². The molecule has 1 saturated heterocycles. The van der Waals surface area contributed by atoms with Gasteiger partial charge in [0.25, 0.3) is 0 Å². The number of hydrogen-bond acceptors (Lipinski definition) is 5. The summed E-state index contributed by atoms with van der Waals surface area (Å²) in [6.45, 7) is 7.55. The number of nitrogens with one attached hydrogen (secondary N) is 1. The molecule has 30 heavy (non-hydrogen) atoms. The topological polar surface area (TPSA) is 65.5 Å². The van der Waals surface area contributed by atoms with Crippen molar-refractivity contribution in [2.45, 2.75) is 39.3 Å². The van der Waals surface area contributed by atoms with Gasteiger partial charge < -0.3 is 10.2 Å². The van der Waals surface area contributed by atoms with Crippen LogP contribution in [0.1, 0.15) is 30.8 Å². The van der Waals surface area contributed by atoms with Crippen LogP contribution < -0.4 is 5.32 Å². The van der Waals surface area contributed by atoms with Crippen LogP contribution in [0.4, 0.5) is 4.39 Å². The van der Waals surface area contributed by atoms with Crippen molar-refractivity contribution in [2.75, 3.05) is 26.2 Å². The number of fused-ring (bicyclic) bond motifs is 1. The second-order valence-electron chi connectivity index (χ2n) is 8.36. The number of nitrogens with zero attached hydrogens (tertiary/aromatic N) is 3. The summed E-state index contributed by atoms with van der Waals surface area (Å²) in [5.41, 5.74) is 1.75. The first-order valence-electron chi connectivity index (χ1n) is 10.4. The molecule has 2 amide bonds. The summed E-state index contributed by atoms with van der Waals surface area (Å²) in [5, 5.41) is 3.68. The summed E-state index contributed by atoms with van der Waals surface area (Å²) >= 11 is 1.51. The van der Waals surface area contributed by atoms with Crippen molar-refractivity contribution in [1.29, 1.82) is 0 Å². The Morgan fingerprint density at radius 2 is 2.20 bits per heavy atom. The SMILES string of the molecule is CC(C)CN1CCNC(=O)[C@H]1CC(=O)N1CCc2nc(-c3cccc(F)c3)sc2C1. The quantitative estimate of drug-likeness (QED) is 0.792. The Morgan fingerprint density at radius 1 is 1.37 bits per heavy atom. The zero-order valence-corrected chi connectivity index (χ0v) is 18.2. The van der Waals surface area contributed by atoms with Crippen LogP contribution in [-0.2, 0) is 22.6 Å². The van der Waals surface area contributed by atoms with E-state index in [-0.39, 0.29) is 24.1 Å². The van der Waals surface area contributed by atoms with Gasteiger partial charge in [-0.3, -0.25) is 14.5 Å². The average molecular weight is 431 g/mol. The van der Waals surface area contributed by atoms with Crippen molar-refractivity contribution >= 4 is 23.2 Å². The van der Waals surface area contributed by atoms with Gasteiger partial charge in [-0.1, -0.05) is 26.0 Å². The van der Waals surface area contributed by atoms with Crippen molar-refractivity contribution in [3.63, 3.8) is 0 Å². The molecule has 2 aliphatic heterocycles. The van der Waals surface area contributed by atoms with Gasteiger partial charge in [-0.15, -0.1) is 11.3 Å². The molecule has 4 rings (SSSR count). The second kappa shape index (κ2) is 8.81. The predicted molar refractivity (Wildman–Crippen MR) is 114 cm³/mol. The van der Waals surface area contributed by atoms with Gasteiger partial charge in [0, 0.05) is 43.0 Å². The maximum atomic E-state index is 13.6. The lowest BCUT2D eigenvalue weighted by Crippen LogP contribution is -2.57. The van der Waals surface area contributed by atoms with Crippen LogP contribution >= 0.6 is 11.3 Å². The number of hydrogen-bond donors (Lipinski definition) is 1. The van der Waals surface area contributed by atoms with Gasteiger partial charge in [-0.25, -0.2) is 9.37 Å². The molecule has 6 nitrogen and oxygen atoms in total. The number of piperazine rings is 1. The lowest BCUT2D eigenvalue weighted by atomic mass is 10.0. The molecule has 160 valence electrons. The van der Waals surface area contributed by atoms with Crippen molar-refractivity contribution in [3.05, 3.63) is 40.7 Å². The summed E-state index contributed by atoms with van der Waals surface area (Å²) < 4.78 is 13.6. The van der Waals surface area contributed by atoms with Gasteiger partial charge in [-0.2, -0.15) is 0 Å². The van der Waals surface area contributed by atoms with E-state index in [1.165, 1.54) is 23.5 Å². The van der Waals surface area contributed by atoms with Crippen molar-refractivity contribution < 1.29 is 14.0 Å². The van der Waals surface area contributed by atoms with Crippen LogP contribution in [0.3, 0.4) is 0 Å². The van der Waals surface area contributed by atoms with Gasteiger partial charge in [-0.05, 0) is 18.1 Å². The molecular formula is C22H27FN4O2S. The lowest BCUT2D eigenvalue weighted by Gasteiger charge is -2.37. The smallest absolute Gasteiger partial charge is 0.237 e. The molecule has 2 aliphatic rings. The fourth-order valence-electron chi connectivity index (χ4n) is 4.12. The molecule has 0 radical (unpaired) electrons. The Hall–Kier alpha value is -2.32. The maximum absolute atomic E-state index is 13.6. The summed E-state index contributed by atoms with van der Waals surface area (Å²) in [6, 6.07) is 6.03.